The average molecular weight is 917 g/mol. The maximum atomic E-state index is 11.6. The number of hydrogen-bond donors (Lipinski definition) is 10. The lowest BCUT2D eigenvalue weighted by Gasteiger charge is -2.58. The van der Waals surface area contributed by atoms with Crippen molar-refractivity contribution in [2.24, 2.45) is 46.3 Å². The van der Waals surface area contributed by atoms with Gasteiger partial charge in [-0.15, -0.1) is 0 Å². The van der Waals surface area contributed by atoms with E-state index in [2.05, 4.69) is 33.8 Å². The van der Waals surface area contributed by atoms with Crippen molar-refractivity contribution in [2.75, 3.05) is 26.9 Å². The number of fused-ring (bicyclic) bond motifs is 7. The summed E-state index contributed by atoms with van der Waals surface area (Å²) in [4.78, 5) is 0. The highest BCUT2D eigenvalue weighted by atomic mass is 16.8. The highest BCUT2D eigenvalue weighted by molar-refractivity contribution is 5.26. The molecular formula is C46H76O18. The van der Waals surface area contributed by atoms with Gasteiger partial charge in [0.15, 0.2) is 24.7 Å². The Labute approximate surface area is 375 Å². The molecule has 0 amide bonds. The highest BCUT2D eigenvalue weighted by Gasteiger charge is 2.68. The largest absolute Gasteiger partial charge is 0.396 e. The molecule has 4 aliphatic heterocycles. The summed E-state index contributed by atoms with van der Waals surface area (Å²) < 4.78 is 49.9. The maximum Gasteiger partial charge on any atom is 0.187 e. The summed E-state index contributed by atoms with van der Waals surface area (Å²) in [7, 11) is 1.76. The van der Waals surface area contributed by atoms with Crippen LogP contribution in [0, 0.1) is 46.3 Å². The molecule has 3 saturated carbocycles. The normalized spacial score (nSPS) is 54.3. The Hall–Kier alpha value is -0.980. The summed E-state index contributed by atoms with van der Waals surface area (Å²) in [5.74, 6) is 1.57. The fraction of sp³-hybridized carbons (Fsp3) is 0.957. The Morgan fingerprint density at radius 1 is 0.734 bits per heavy atom. The summed E-state index contributed by atoms with van der Waals surface area (Å²) in [6.45, 7) is 9.43. The van der Waals surface area contributed by atoms with Gasteiger partial charge in [0.1, 0.15) is 67.1 Å². The van der Waals surface area contributed by atoms with Gasteiger partial charge in [0.25, 0.3) is 0 Å². The molecule has 7 fully saturated rings. The Bertz CT molecular complexity index is 1620. The molecule has 8 rings (SSSR count). The van der Waals surface area contributed by atoms with Crippen molar-refractivity contribution >= 4 is 0 Å². The highest BCUT2D eigenvalue weighted by Crippen LogP contribution is 2.70. The first kappa shape index (κ1) is 49.4. The second-order valence-electron chi connectivity index (χ2n) is 21.1. The topological polar surface area (TPSA) is 276 Å². The number of allylic oxidation sites excluding steroid dienone is 1. The fourth-order valence-corrected chi connectivity index (χ4v) is 13.8. The van der Waals surface area contributed by atoms with Crippen molar-refractivity contribution in [3.8, 4) is 0 Å². The van der Waals surface area contributed by atoms with Crippen molar-refractivity contribution in [1.29, 1.82) is 0 Å². The summed E-state index contributed by atoms with van der Waals surface area (Å²) >= 11 is 0. The van der Waals surface area contributed by atoms with Gasteiger partial charge in [-0.3, -0.25) is 0 Å². The van der Waals surface area contributed by atoms with Crippen molar-refractivity contribution in [1.82, 2.24) is 0 Å². The number of hydrogen-bond acceptors (Lipinski definition) is 18. The van der Waals surface area contributed by atoms with Crippen LogP contribution in [0.2, 0.25) is 0 Å². The summed E-state index contributed by atoms with van der Waals surface area (Å²) in [6, 6.07) is 0. The molecule has 4 aliphatic carbocycles. The van der Waals surface area contributed by atoms with E-state index in [1.165, 1.54) is 12.5 Å². The van der Waals surface area contributed by atoms with Gasteiger partial charge < -0.3 is 89.0 Å². The van der Waals surface area contributed by atoms with E-state index in [0.717, 1.165) is 44.9 Å². The minimum absolute atomic E-state index is 0.0833. The number of aliphatic hydroxyl groups is 10. The predicted octanol–water partition coefficient (Wildman–Crippen LogP) is -0.177. The maximum absolute atomic E-state index is 11.6. The first-order chi connectivity index (χ1) is 30.4. The van der Waals surface area contributed by atoms with Crippen LogP contribution < -0.4 is 0 Å². The van der Waals surface area contributed by atoms with Gasteiger partial charge in [0.05, 0.1) is 31.5 Å². The Kier molecular flexibility index (Phi) is 14.7. The minimum Gasteiger partial charge on any atom is -0.396 e. The second-order valence-corrected chi connectivity index (χ2v) is 21.1. The van der Waals surface area contributed by atoms with Gasteiger partial charge in [-0.25, -0.2) is 0 Å². The van der Waals surface area contributed by atoms with E-state index in [1.54, 1.807) is 7.11 Å². The van der Waals surface area contributed by atoms with Crippen LogP contribution in [0.15, 0.2) is 11.6 Å². The summed E-state index contributed by atoms with van der Waals surface area (Å²) in [6.07, 6.45) is -13.5. The van der Waals surface area contributed by atoms with Crippen molar-refractivity contribution in [2.45, 2.75) is 203 Å². The van der Waals surface area contributed by atoms with Gasteiger partial charge in [-0.1, -0.05) is 39.3 Å². The standard InChI is InChI=1S/C46H76O18/c1-20(17-47)9-14-46(57-6)21(2)31-28(64-46)16-27-25-8-7-23-15-24(10-12-44(23,4)26(25)11-13-45(27,31)5)59-43-40(63-41-37(55)35(53)32(50)22(3)58-41)39(34(52)30(19-49)61-43)62-42-38(56)36(54)33(51)29(18-48)60-42/h7,20-22,24-43,47-56H,8-19H2,1-6H3/t20-,21-,22-,24-,25+,26-,27-,28-,29+,30+,31-,32-,33?,34?,35+,36-,37+,38+,39-,40+,41-,42-,43+,44-,45-,46+/m0/s1. The molecule has 0 bridgehead atoms. The fourth-order valence-electron chi connectivity index (χ4n) is 13.8. The van der Waals surface area contributed by atoms with E-state index in [-0.39, 0.29) is 35.4 Å². The Morgan fingerprint density at radius 2 is 1.38 bits per heavy atom. The Morgan fingerprint density at radius 3 is 2.05 bits per heavy atom. The van der Waals surface area contributed by atoms with E-state index < -0.39 is 117 Å². The van der Waals surface area contributed by atoms with Crippen molar-refractivity contribution in [3.05, 3.63) is 11.6 Å². The predicted molar refractivity (Wildman–Crippen MR) is 222 cm³/mol. The lowest BCUT2D eigenvalue weighted by molar-refractivity contribution is -0.394. The molecule has 26 atom stereocenters. The zero-order valence-corrected chi connectivity index (χ0v) is 38.1. The molecule has 2 unspecified atom stereocenters. The molecule has 8 aliphatic rings. The first-order valence-electron chi connectivity index (χ1n) is 23.8. The van der Waals surface area contributed by atoms with Crippen LogP contribution in [-0.4, -0.2) is 188 Å². The van der Waals surface area contributed by atoms with Crippen LogP contribution in [0.3, 0.4) is 0 Å². The molecule has 10 N–H and O–H groups in total. The smallest absolute Gasteiger partial charge is 0.187 e. The Balaban J connectivity index is 1.01. The quantitative estimate of drug-likeness (QED) is 0.107. The number of ether oxygens (including phenoxy) is 8. The molecule has 64 heavy (non-hydrogen) atoms. The molecule has 4 saturated heterocycles. The molecular weight excluding hydrogens is 840 g/mol. The lowest BCUT2D eigenvalue weighted by Crippen LogP contribution is -2.67. The zero-order chi connectivity index (χ0) is 46.2. The van der Waals surface area contributed by atoms with Crippen LogP contribution in [0.5, 0.6) is 0 Å². The molecule has 368 valence electrons. The van der Waals surface area contributed by atoms with Gasteiger partial charge in [0, 0.05) is 26.1 Å². The zero-order valence-electron chi connectivity index (χ0n) is 38.1. The van der Waals surface area contributed by atoms with E-state index >= 15 is 0 Å². The third-order valence-electron chi connectivity index (χ3n) is 17.7. The lowest BCUT2D eigenvalue weighted by atomic mass is 9.47. The number of methoxy groups -OCH3 is 1. The van der Waals surface area contributed by atoms with E-state index in [9.17, 15) is 51.1 Å². The molecule has 4 heterocycles. The molecule has 18 nitrogen and oxygen atoms in total. The van der Waals surface area contributed by atoms with Crippen molar-refractivity contribution < 1.29 is 89.0 Å². The van der Waals surface area contributed by atoms with E-state index in [1.807, 2.05) is 0 Å². The third kappa shape index (κ3) is 8.37. The van der Waals surface area contributed by atoms with Crippen LogP contribution in [0.4, 0.5) is 0 Å². The van der Waals surface area contributed by atoms with Gasteiger partial charge >= 0.3 is 0 Å². The number of rotatable bonds is 13. The van der Waals surface area contributed by atoms with Gasteiger partial charge in [-0.05, 0) is 98.7 Å². The molecule has 0 radical (unpaired) electrons. The minimum atomic E-state index is -1.85. The second kappa shape index (κ2) is 19.1. The molecule has 18 heteroatoms. The summed E-state index contributed by atoms with van der Waals surface area (Å²) in [5.41, 5.74) is 1.32. The first-order valence-corrected chi connectivity index (χ1v) is 23.8. The summed E-state index contributed by atoms with van der Waals surface area (Å²) in [5, 5.41) is 106. The van der Waals surface area contributed by atoms with E-state index in [4.69, 9.17) is 37.9 Å². The van der Waals surface area contributed by atoms with Crippen LogP contribution >= 0.6 is 0 Å². The van der Waals surface area contributed by atoms with Crippen LogP contribution in [-0.2, 0) is 37.9 Å². The monoisotopic (exact) mass is 917 g/mol. The van der Waals surface area contributed by atoms with Gasteiger partial charge in [-0.2, -0.15) is 0 Å². The van der Waals surface area contributed by atoms with Crippen LogP contribution in [0.25, 0.3) is 0 Å². The van der Waals surface area contributed by atoms with E-state index in [0.29, 0.717) is 36.5 Å². The van der Waals surface area contributed by atoms with Gasteiger partial charge in [0.2, 0.25) is 0 Å². The molecule has 0 aromatic heterocycles. The molecule has 0 aromatic carbocycles. The number of aliphatic hydroxyl groups excluding tert-OH is 10. The van der Waals surface area contributed by atoms with Crippen molar-refractivity contribution in [3.63, 3.8) is 0 Å². The molecule has 0 spiro atoms. The third-order valence-corrected chi connectivity index (χ3v) is 17.7. The average Bonchev–Trinajstić information content (AvgIpc) is 3.74. The molecule has 0 aromatic rings. The van der Waals surface area contributed by atoms with Crippen LogP contribution in [0.1, 0.15) is 92.4 Å². The SMILES string of the molecule is CO[C@]1(CC[C@H](C)CO)O[C@H]2C[C@H]3[C@@H]4CC=C5C[C@@H](O[C@@H]6O[C@H](CO)C(O)[C@H](O[C@@H]7O[C@H](CO)C(O)[C@H](O)[C@H]7O)[C@H]6O[C@@H]6O[C@@H](C)[C@H](O)[C@@H](O)[C@H]6O)CC[C@]5(C)[C@H]4CC[C@]3(C)[C@H]2[C@@H]1C.